The van der Waals surface area contributed by atoms with Crippen LogP contribution in [-0.4, -0.2) is 107 Å². The van der Waals surface area contributed by atoms with E-state index in [-0.39, 0.29) is 112 Å². The Kier molecular flexibility index (Phi) is 18.0. The first kappa shape index (κ1) is 40.8. The van der Waals surface area contributed by atoms with Gasteiger partial charge < -0.3 is 63.2 Å². The summed E-state index contributed by atoms with van der Waals surface area (Å²) in [6.07, 6.45) is 0. The first-order valence-corrected chi connectivity index (χ1v) is 13.5. The SMILES string of the molecule is Cl.Cl.Cl.Nc1cccc(Nc2nc(Nc3ccc(Nc4nc(NCCO)nc(NC(CO)CO)n4)cc3)nc(NC(CO)CO)n2)c1. The highest BCUT2D eigenvalue weighted by Gasteiger charge is 2.14. The number of rotatable bonds is 17. The summed E-state index contributed by atoms with van der Waals surface area (Å²) in [4.78, 5) is 25.9. The number of aromatic nitrogens is 6. The summed E-state index contributed by atoms with van der Waals surface area (Å²) >= 11 is 0. The minimum absolute atomic E-state index is 0. The van der Waals surface area contributed by atoms with E-state index in [4.69, 9.17) is 10.8 Å². The highest BCUT2D eigenvalue weighted by Crippen LogP contribution is 2.23. The number of nitrogens with zero attached hydrogens (tertiary/aromatic N) is 6. The second-order valence-electron chi connectivity index (χ2n) is 9.25. The summed E-state index contributed by atoms with van der Waals surface area (Å²) in [5.41, 5.74) is 8.33. The molecule has 0 spiro atoms. The number of aliphatic hydroxyl groups excluding tert-OH is 5. The Morgan fingerprint density at radius 3 is 1.36 bits per heavy atom. The second kappa shape index (κ2) is 20.8. The van der Waals surface area contributed by atoms with Crippen LogP contribution >= 0.6 is 37.2 Å². The number of hydrogen-bond acceptors (Lipinski definition) is 18. The van der Waals surface area contributed by atoms with Crippen molar-refractivity contribution in [2.45, 2.75) is 12.1 Å². The molecule has 0 fully saturated rings. The molecule has 0 saturated carbocycles. The van der Waals surface area contributed by atoms with Gasteiger partial charge in [-0.05, 0) is 42.5 Å². The Labute approximate surface area is 288 Å². The smallest absolute Gasteiger partial charge is 0.233 e. The van der Waals surface area contributed by atoms with Crippen molar-refractivity contribution in [1.82, 2.24) is 29.9 Å². The van der Waals surface area contributed by atoms with Crippen LogP contribution in [0.5, 0.6) is 0 Å². The lowest BCUT2D eigenvalue weighted by Gasteiger charge is -2.16. The molecule has 47 heavy (non-hydrogen) atoms. The molecule has 2 aromatic carbocycles. The number of nitrogens with two attached hydrogens (primary N) is 1. The predicted molar refractivity (Wildman–Crippen MR) is 187 cm³/mol. The van der Waals surface area contributed by atoms with Gasteiger partial charge in [0.2, 0.25) is 35.7 Å². The van der Waals surface area contributed by atoms with Crippen molar-refractivity contribution in [3.8, 4) is 0 Å². The number of benzene rings is 2. The molecule has 0 unspecified atom stereocenters. The molecule has 258 valence electrons. The van der Waals surface area contributed by atoms with Crippen LogP contribution in [0.25, 0.3) is 0 Å². The number of aliphatic hydroxyl groups is 5. The average Bonchev–Trinajstić information content (AvgIpc) is 3.02. The molecule has 0 saturated heterocycles. The summed E-state index contributed by atoms with van der Waals surface area (Å²) in [7, 11) is 0. The first-order valence-electron chi connectivity index (χ1n) is 13.5. The molecule has 4 rings (SSSR count). The van der Waals surface area contributed by atoms with Gasteiger partial charge in [0, 0.05) is 29.3 Å². The van der Waals surface area contributed by atoms with Crippen LogP contribution in [0.1, 0.15) is 0 Å². The van der Waals surface area contributed by atoms with Crippen LogP contribution in [0.2, 0.25) is 0 Å². The molecule has 0 aliphatic carbocycles. The Morgan fingerprint density at radius 2 is 0.936 bits per heavy atom. The molecule has 0 aliphatic rings. The summed E-state index contributed by atoms with van der Waals surface area (Å²) in [6, 6.07) is 12.7. The normalized spacial score (nSPS) is 10.3. The van der Waals surface area contributed by atoms with Gasteiger partial charge in [0.15, 0.2) is 0 Å². The van der Waals surface area contributed by atoms with Gasteiger partial charge in [-0.3, -0.25) is 0 Å². The van der Waals surface area contributed by atoms with E-state index in [9.17, 15) is 20.4 Å². The minimum atomic E-state index is -0.681. The molecule has 0 bridgehead atoms. The van der Waals surface area contributed by atoms with Gasteiger partial charge in [-0.1, -0.05) is 6.07 Å². The van der Waals surface area contributed by atoms with Crippen molar-refractivity contribution in [3.05, 3.63) is 48.5 Å². The summed E-state index contributed by atoms with van der Waals surface area (Å²) in [5.74, 6) is 0.956. The Hall–Kier alpha value is -4.27. The predicted octanol–water partition coefficient (Wildman–Crippen LogP) is 1.07. The quantitative estimate of drug-likeness (QED) is 0.0680. The number of hydrogen-bond donors (Lipinski definition) is 12. The number of anilines is 10. The third kappa shape index (κ3) is 12.8. The van der Waals surface area contributed by atoms with Gasteiger partial charge in [-0.2, -0.15) is 29.9 Å². The molecule has 18 nitrogen and oxygen atoms in total. The maximum atomic E-state index is 9.49. The van der Waals surface area contributed by atoms with Crippen LogP contribution in [0, 0.1) is 0 Å². The highest BCUT2D eigenvalue weighted by atomic mass is 35.5. The lowest BCUT2D eigenvalue weighted by atomic mass is 10.3. The first-order chi connectivity index (χ1) is 21.4. The Morgan fingerprint density at radius 1 is 0.532 bits per heavy atom. The summed E-state index contributed by atoms with van der Waals surface area (Å²) in [6.45, 7) is -1.27. The van der Waals surface area contributed by atoms with Gasteiger partial charge in [0.1, 0.15) is 0 Å². The molecule has 2 aromatic heterocycles. The van der Waals surface area contributed by atoms with Crippen molar-refractivity contribution in [2.24, 2.45) is 0 Å². The monoisotopic (exact) mass is 717 g/mol. The fourth-order valence-corrected chi connectivity index (χ4v) is 3.60. The molecular formula is C26H38Cl3N13O5. The lowest BCUT2D eigenvalue weighted by molar-refractivity contribution is 0.203. The molecular weight excluding hydrogens is 681 g/mol. The molecule has 2 heterocycles. The van der Waals surface area contributed by atoms with E-state index in [1.54, 1.807) is 48.5 Å². The van der Waals surface area contributed by atoms with E-state index in [1.165, 1.54) is 0 Å². The van der Waals surface area contributed by atoms with Crippen molar-refractivity contribution < 1.29 is 25.5 Å². The van der Waals surface area contributed by atoms with E-state index in [0.29, 0.717) is 22.7 Å². The minimum Gasteiger partial charge on any atom is -0.399 e. The van der Waals surface area contributed by atoms with Crippen LogP contribution in [0.3, 0.4) is 0 Å². The topological polar surface area (TPSA) is 277 Å². The van der Waals surface area contributed by atoms with Crippen LogP contribution < -0.4 is 37.6 Å². The third-order valence-electron chi connectivity index (χ3n) is 5.75. The second-order valence-corrected chi connectivity index (χ2v) is 9.25. The third-order valence-corrected chi connectivity index (χ3v) is 5.75. The van der Waals surface area contributed by atoms with Gasteiger partial charge in [0.05, 0.1) is 45.1 Å². The van der Waals surface area contributed by atoms with E-state index in [2.05, 4.69) is 61.8 Å². The number of nitrogens with one attached hydrogen (secondary N) is 6. The van der Waals surface area contributed by atoms with Crippen LogP contribution in [-0.2, 0) is 0 Å². The Balaban J connectivity index is 0.00000368. The molecule has 0 atom stereocenters. The zero-order valence-electron chi connectivity index (χ0n) is 24.7. The zero-order chi connectivity index (χ0) is 31.3. The van der Waals surface area contributed by atoms with E-state index in [0.717, 1.165) is 0 Å². The van der Waals surface area contributed by atoms with E-state index in [1.807, 2.05) is 0 Å². The van der Waals surface area contributed by atoms with Gasteiger partial charge >= 0.3 is 0 Å². The van der Waals surface area contributed by atoms with E-state index < -0.39 is 12.1 Å². The maximum absolute atomic E-state index is 9.49. The molecule has 21 heteroatoms. The molecule has 0 amide bonds. The largest absolute Gasteiger partial charge is 0.399 e. The van der Waals surface area contributed by atoms with Crippen LogP contribution in [0.15, 0.2) is 48.5 Å². The molecule has 0 radical (unpaired) electrons. The zero-order valence-corrected chi connectivity index (χ0v) is 27.2. The number of halogens is 3. The standard InChI is InChI=1S/C26H35N13O5.3ClH/c27-15-2-1-3-18(10-15)31-24-37-23(38-26(39-24)33-20(13-43)14-44)30-17-6-4-16(5-7-17)29-22-34-21(28-8-9-40)35-25(36-22)32-19(11-41)12-42;;;/h1-7,10,19-20,40-44H,8-9,11-14,27H2,(H3,28,29,32,34,35,36)(H3,30,31,33,37,38,39);3*1H. The van der Waals surface area contributed by atoms with Crippen molar-refractivity contribution >= 4 is 95.7 Å². The molecule has 4 aromatic rings. The fraction of sp³-hybridized carbons (Fsp3) is 0.308. The summed E-state index contributed by atoms with van der Waals surface area (Å²) in [5, 5.41) is 64.7. The lowest BCUT2D eigenvalue weighted by Crippen LogP contribution is -2.29. The van der Waals surface area contributed by atoms with Crippen molar-refractivity contribution in [2.75, 3.05) is 77.2 Å². The van der Waals surface area contributed by atoms with E-state index >= 15 is 0 Å². The highest BCUT2D eigenvalue weighted by molar-refractivity contribution is 5.86. The number of nitrogen functional groups attached to an aromatic ring is 1. The average molecular weight is 719 g/mol. The van der Waals surface area contributed by atoms with Crippen LogP contribution in [0.4, 0.5) is 58.4 Å². The molecule has 13 N–H and O–H groups in total. The van der Waals surface area contributed by atoms with Crippen molar-refractivity contribution in [3.63, 3.8) is 0 Å². The fourth-order valence-electron chi connectivity index (χ4n) is 3.60. The molecule has 0 aliphatic heterocycles. The summed E-state index contributed by atoms with van der Waals surface area (Å²) < 4.78 is 0. The van der Waals surface area contributed by atoms with Gasteiger partial charge in [-0.25, -0.2) is 0 Å². The van der Waals surface area contributed by atoms with Gasteiger partial charge in [0.25, 0.3) is 0 Å². The maximum Gasteiger partial charge on any atom is 0.233 e. The Bertz CT molecular complexity index is 1490. The van der Waals surface area contributed by atoms with Crippen molar-refractivity contribution in [1.29, 1.82) is 0 Å². The van der Waals surface area contributed by atoms with Gasteiger partial charge in [-0.15, -0.1) is 37.2 Å².